The molecule has 2 aliphatic heterocycles. The topological polar surface area (TPSA) is 38.8 Å². The molecular formula is C10H14INO3. The number of halogens is 1. The third-order valence-electron chi connectivity index (χ3n) is 2.67. The van der Waals surface area contributed by atoms with Gasteiger partial charge in [-0.3, -0.25) is 0 Å². The molecule has 0 aromatic rings. The molecular weight excluding hydrogens is 309 g/mol. The minimum Gasteiger partial charge on any atom is -0.466 e. The van der Waals surface area contributed by atoms with Crippen LogP contribution >= 0.6 is 22.6 Å². The molecule has 2 rings (SSSR count). The van der Waals surface area contributed by atoms with Gasteiger partial charge in [0.2, 0.25) is 0 Å². The van der Waals surface area contributed by atoms with Gasteiger partial charge in [-0.05, 0) is 12.8 Å². The maximum Gasteiger partial charge on any atom is 0.335 e. The van der Waals surface area contributed by atoms with Gasteiger partial charge >= 0.3 is 5.97 Å². The standard InChI is InChI=1S/C10H14INO3/c1-14-10(13)7-5-8(11)9-12(6-7)3-2-4-15-9/h6,8-9H,2-5H2,1H3/t8-,9+/m0/s1. The van der Waals surface area contributed by atoms with Gasteiger partial charge in [0.25, 0.3) is 0 Å². The molecule has 0 unspecified atom stereocenters. The molecule has 15 heavy (non-hydrogen) atoms. The molecule has 0 aromatic carbocycles. The maximum absolute atomic E-state index is 11.4. The number of nitrogens with zero attached hydrogens (tertiary/aromatic N) is 1. The Kier molecular flexibility index (Phi) is 3.50. The van der Waals surface area contributed by atoms with Crippen molar-refractivity contribution in [2.24, 2.45) is 0 Å². The van der Waals surface area contributed by atoms with Gasteiger partial charge in [0.1, 0.15) is 6.23 Å². The molecule has 0 N–H and O–H groups in total. The van der Waals surface area contributed by atoms with Crippen LogP contribution in [0, 0.1) is 0 Å². The first-order valence-corrected chi connectivity index (χ1v) is 6.27. The molecule has 0 radical (unpaired) electrons. The third kappa shape index (κ3) is 2.28. The van der Waals surface area contributed by atoms with Crippen molar-refractivity contribution in [3.63, 3.8) is 0 Å². The molecule has 0 bridgehead atoms. The van der Waals surface area contributed by atoms with Crippen LogP contribution in [0.2, 0.25) is 0 Å². The summed E-state index contributed by atoms with van der Waals surface area (Å²) in [7, 11) is 1.42. The van der Waals surface area contributed by atoms with Gasteiger partial charge in [-0.25, -0.2) is 4.79 Å². The first-order chi connectivity index (χ1) is 7.22. The van der Waals surface area contributed by atoms with Crippen LogP contribution in [0.1, 0.15) is 12.8 Å². The van der Waals surface area contributed by atoms with E-state index in [1.807, 2.05) is 6.20 Å². The Hall–Kier alpha value is -0.300. The number of methoxy groups -OCH3 is 1. The first kappa shape index (κ1) is 11.2. The summed E-state index contributed by atoms with van der Waals surface area (Å²) >= 11 is 2.34. The smallest absolute Gasteiger partial charge is 0.335 e. The van der Waals surface area contributed by atoms with Gasteiger partial charge in [0, 0.05) is 12.7 Å². The molecule has 0 aliphatic carbocycles. The van der Waals surface area contributed by atoms with E-state index in [4.69, 9.17) is 9.47 Å². The van der Waals surface area contributed by atoms with Crippen molar-refractivity contribution in [1.82, 2.24) is 4.90 Å². The van der Waals surface area contributed by atoms with E-state index in [2.05, 4.69) is 27.5 Å². The Morgan fingerprint density at radius 1 is 1.73 bits per heavy atom. The van der Waals surface area contributed by atoms with Gasteiger partial charge < -0.3 is 14.4 Å². The van der Waals surface area contributed by atoms with Gasteiger partial charge in [-0.15, -0.1) is 0 Å². The lowest BCUT2D eigenvalue weighted by atomic mass is 10.1. The number of carbonyl (C=O) groups excluding carboxylic acids is 1. The third-order valence-corrected chi connectivity index (χ3v) is 3.73. The number of hydrogen-bond acceptors (Lipinski definition) is 4. The average Bonchev–Trinajstić information content (AvgIpc) is 2.28. The highest BCUT2D eigenvalue weighted by Gasteiger charge is 2.34. The van der Waals surface area contributed by atoms with Crippen molar-refractivity contribution >= 4 is 28.6 Å². The Balaban J connectivity index is 2.15. The summed E-state index contributed by atoms with van der Waals surface area (Å²) in [6, 6.07) is 0. The van der Waals surface area contributed by atoms with Crippen LogP contribution in [0.5, 0.6) is 0 Å². The van der Waals surface area contributed by atoms with E-state index in [1.165, 1.54) is 7.11 Å². The van der Waals surface area contributed by atoms with E-state index < -0.39 is 0 Å². The molecule has 4 nitrogen and oxygen atoms in total. The number of ether oxygens (including phenoxy) is 2. The van der Waals surface area contributed by atoms with Gasteiger partial charge in [0.05, 0.1) is 23.2 Å². The summed E-state index contributed by atoms with van der Waals surface area (Å²) in [6.07, 6.45) is 3.78. The van der Waals surface area contributed by atoms with E-state index in [0.29, 0.717) is 3.92 Å². The second-order valence-corrected chi connectivity index (χ2v) is 5.32. The van der Waals surface area contributed by atoms with E-state index in [1.54, 1.807) is 0 Å². The predicted octanol–water partition coefficient (Wildman–Crippen LogP) is 1.30. The lowest BCUT2D eigenvalue weighted by molar-refractivity contribution is -0.137. The van der Waals surface area contributed by atoms with E-state index in [0.717, 1.165) is 31.6 Å². The van der Waals surface area contributed by atoms with Crippen molar-refractivity contribution in [2.75, 3.05) is 20.3 Å². The van der Waals surface area contributed by atoms with Crippen molar-refractivity contribution in [3.05, 3.63) is 11.8 Å². The largest absolute Gasteiger partial charge is 0.466 e. The normalized spacial score (nSPS) is 30.5. The summed E-state index contributed by atoms with van der Waals surface area (Å²) < 4.78 is 10.7. The Morgan fingerprint density at radius 2 is 2.53 bits per heavy atom. The minimum atomic E-state index is -0.222. The molecule has 2 atom stereocenters. The molecule has 0 saturated carbocycles. The molecule has 0 aromatic heterocycles. The zero-order chi connectivity index (χ0) is 10.8. The highest BCUT2D eigenvalue weighted by molar-refractivity contribution is 14.1. The van der Waals surface area contributed by atoms with Crippen molar-refractivity contribution in [3.8, 4) is 0 Å². The molecule has 1 saturated heterocycles. The van der Waals surface area contributed by atoms with Gasteiger partial charge in [0.15, 0.2) is 0 Å². The number of alkyl halides is 1. The first-order valence-electron chi connectivity index (χ1n) is 5.03. The number of fused-ring (bicyclic) bond motifs is 1. The lowest BCUT2D eigenvalue weighted by Gasteiger charge is -2.41. The second-order valence-electron chi connectivity index (χ2n) is 3.72. The number of hydrogen-bond donors (Lipinski definition) is 0. The summed E-state index contributed by atoms with van der Waals surface area (Å²) in [5, 5.41) is 0. The van der Waals surface area contributed by atoms with Crippen molar-refractivity contribution in [2.45, 2.75) is 23.0 Å². The van der Waals surface area contributed by atoms with Gasteiger partial charge in [-0.2, -0.15) is 0 Å². The molecule has 5 heteroatoms. The predicted molar refractivity (Wildman–Crippen MR) is 63.6 cm³/mol. The van der Waals surface area contributed by atoms with E-state index in [9.17, 15) is 4.79 Å². The van der Waals surface area contributed by atoms with Crippen LogP contribution in [-0.4, -0.2) is 41.3 Å². The van der Waals surface area contributed by atoms with E-state index in [-0.39, 0.29) is 12.2 Å². The fourth-order valence-electron chi connectivity index (χ4n) is 1.96. The zero-order valence-electron chi connectivity index (χ0n) is 8.61. The van der Waals surface area contributed by atoms with Crippen LogP contribution in [0.15, 0.2) is 11.8 Å². The monoisotopic (exact) mass is 323 g/mol. The minimum absolute atomic E-state index is 0.132. The molecule has 84 valence electrons. The fourth-order valence-corrected chi connectivity index (χ4v) is 3.05. The number of carbonyl (C=O) groups is 1. The van der Waals surface area contributed by atoms with Crippen LogP contribution in [-0.2, 0) is 14.3 Å². The van der Waals surface area contributed by atoms with Gasteiger partial charge in [-0.1, -0.05) is 22.6 Å². The highest BCUT2D eigenvalue weighted by atomic mass is 127. The van der Waals surface area contributed by atoms with Crippen molar-refractivity contribution in [1.29, 1.82) is 0 Å². The maximum atomic E-state index is 11.4. The second kappa shape index (κ2) is 4.69. The zero-order valence-corrected chi connectivity index (χ0v) is 10.8. The molecule has 0 spiro atoms. The Morgan fingerprint density at radius 3 is 3.27 bits per heavy atom. The quantitative estimate of drug-likeness (QED) is 0.414. The lowest BCUT2D eigenvalue weighted by Crippen LogP contribution is -2.47. The summed E-state index contributed by atoms with van der Waals surface area (Å²) in [5.74, 6) is -0.222. The number of rotatable bonds is 1. The molecule has 0 amide bonds. The summed E-state index contributed by atoms with van der Waals surface area (Å²) in [4.78, 5) is 13.5. The highest BCUT2D eigenvalue weighted by Crippen LogP contribution is 2.30. The molecule has 2 heterocycles. The van der Waals surface area contributed by atoms with Crippen LogP contribution < -0.4 is 0 Å². The average molecular weight is 323 g/mol. The van der Waals surface area contributed by atoms with E-state index >= 15 is 0 Å². The number of esters is 1. The SMILES string of the molecule is COC(=O)C1=CN2CCCO[C@@H]2[C@@H](I)C1. The van der Waals surface area contributed by atoms with Crippen molar-refractivity contribution < 1.29 is 14.3 Å². The summed E-state index contributed by atoms with van der Waals surface area (Å²) in [6.45, 7) is 1.78. The Bertz CT molecular complexity index is 292. The fraction of sp³-hybridized carbons (Fsp3) is 0.700. The molecule has 1 fully saturated rings. The Labute approximate surface area is 103 Å². The van der Waals surface area contributed by atoms with Crippen LogP contribution in [0.25, 0.3) is 0 Å². The molecule has 2 aliphatic rings. The van der Waals surface area contributed by atoms with Crippen LogP contribution in [0.3, 0.4) is 0 Å². The van der Waals surface area contributed by atoms with Crippen LogP contribution in [0.4, 0.5) is 0 Å². The summed E-state index contributed by atoms with van der Waals surface area (Å²) in [5.41, 5.74) is 0.749.